The van der Waals surface area contributed by atoms with Gasteiger partial charge in [0.1, 0.15) is 11.4 Å². The number of hydrogen-bond donors (Lipinski definition) is 2. The number of carbonyl (C=O) groups is 3. The van der Waals surface area contributed by atoms with Gasteiger partial charge in [-0.3, -0.25) is 9.59 Å². The van der Waals surface area contributed by atoms with Crippen LogP contribution < -0.4 is 5.32 Å². The van der Waals surface area contributed by atoms with Crippen LogP contribution in [0.2, 0.25) is 0 Å². The zero-order valence-electron chi connectivity index (χ0n) is 16.5. The number of hydrogen-bond acceptors (Lipinski definition) is 7. The third kappa shape index (κ3) is 5.58. The number of carbonyl (C=O) groups excluding carboxylic acids is 3. The molecular weight excluding hydrogens is 374 g/mol. The lowest BCUT2D eigenvalue weighted by Crippen LogP contribution is -2.14. The Balaban J connectivity index is 2.37. The molecule has 8 nitrogen and oxygen atoms in total. The molecule has 0 saturated carbocycles. The second kappa shape index (κ2) is 9.41. The van der Waals surface area contributed by atoms with Gasteiger partial charge in [-0.15, -0.1) is 10.2 Å². The molecule has 8 heteroatoms. The third-order valence-corrected chi connectivity index (χ3v) is 3.93. The molecule has 0 saturated heterocycles. The molecule has 0 unspecified atom stereocenters. The molecule has 0 spiro atoms. The summed E-state index contributed by atoms with van der Waals surface area (Å²) in [6, 6.07) is 11.3. The van der Waals surface area contributed by atoms with Crippen LogP contribution in [0.3, 0.4) is 0 Å². The third-order valence-electron chi connectivity index (χ3n) is 3.93. The van der Waals surface area contributed by atoms with Crippen molar-refractivity contribution in [3.63, 3.8) is 0 Å². The van der Waals surface area contributed by atoms with E-state index in [4.69, 9.17) is 4.74 Å². The highest BCUT2D eigenvalue weighted by molar-refractivity contribution is 6.04. The summed E-state index contributed by atoms with van der Waals surface area (Å²) in [6.45, 7) is 4.57. The number of methoxy groups -OCH3 is 1. The first-order valence-electron chi connectivity index (χ1n) is 8.65. The van der Waals surface area contributed by atoms with Crippen LogP contribution in [0.5, 0.6) is 0 Å². The fourth-order valence-electron chi connectivity index (χ4n) is 2.33. The van der Waals surface area contributed by atoms with E-state index in [0.717, 1.165) is 5.56 Å². The first-order chi connectivity index (χ1) is 13.7. The van der Waals surface area contributed by atoms with Gasteiger partial charge in [0.2, 0.25) is 0 Å². The number of azo groups is 1. The van der Waals surface area contributed by atoms with Crippen LogP contribution in [-0.2, 0) is 9.53 Å². The molecule has 0 fully saturated rings. The number of allylic oxidation sites excluding steroid dienone is 1. The van der Waals surface area contributed by atoms with E-state index < -0.39 is 11.9 Å². The largest absolute Gasteiger partial charge is 0.510 e. The lowest BCUT2D eigenvalue weighted by molar-refractivity contribution is -0.113. The van der Waals surface area contributed by atoms with Gasteiger partial charge in [0.05, 0.1) is 12.7 Å². The van der Waals surface area contributed by atoms with Crippen molar-refractivity contribution in [2.45, 2.75) is 20.8 Å². The van der Waals surface area contributed by atoms with E-state index in [9.17, 15) is 19.5 Å². The number of anilines is 1. The van der Waals surface area contributed by atoms with Gasteiger partial charge in [-0.25, -0.2) is 4.79 Å². The molecule has 2 aromatic carbocycles. The van der Waals surface area contributed by atoms with E-state index in [1.165, 1.54) is 39.2 Å². The summed E-state index contributed by atoms with van der Waals surface area (Å²) >= 11 is 0. The predicted molar refractivity (Wildman–Crippen MR) is 107 cm³/mol. The van der Waals surface area contributed by atoms with Crippen molar-refractivity contribution in [1.82, 2.24) is 0 Å². The molecule has 2 aromatic rings. The number of aryl methyl sites for hydroxylation is 1. The summed E-state index contributed by atoms with van der Waals surface area (Å²) in [5.41, 5.74) is 1.61. The maximum atomic E-state index is 12.5. The molecule has 150 valence electrons. The Bertz CT molecular complexity index is 1000. The van der Waals surface area contributed by atoms with E-state index in [1.807, 2.05) is 19.1 Å². The molecule has 0 heterocycles. The van der Waals surface area contributed by atoms with Gasteiger partial charge in [-0.1, -0.05) is 23.8 Å². The molecule has 0 aliphatic rings. The Morgan fingerprint density at radius 1 is 1.03 bits per heavy atom. The quantitative estimate of drug-likeness (QED) is 0.246. The molecule has 0 bridgehead atoms. The number of nitrogens with one attached hydrogen (secondary N) is 1. The van der Waals surface area contributed by atoms with Gasteiger partial charge in [0, 0.05) is 11.3 Å². The monoisotopic (exact) mass is 395 g/mol. The number of aliphatic hydroxyl groups is 1. The van der Waals surface area contributed by atoms with Gasteiger partial charge < -0.3 is 15.2 Å². The summed E-state index contributed by atoms with van der Waals surface area (Å²) in [7, 11) is 1.21. The van der Waals surface area contributed by atoms with E-state index in [-0.39, 0.29) is 28.5 Å². The van der Waals surface area contributed by atoms with Crippen molar-refractivity contribution in [2.75, 3.05) is 12.4 Å². The Hall–Kier alpha value is -3.81. The summed E-state index contributed by atoms with van der Waals surface area (Å²) in [4.78, 5) is 36.1. The lowest BCUT2D eigenvalue weighted by atomic mass is 10.1. The number of ether oxygens (including phenoxy) is 1. The van der Waals surface area contributed by atoms with E-state index >= 15 is 0 Å². The van der Waals surface area contributed by atoms with Crippen molar-refractivity contribution < 1.29 is 24.2 Å². The molecule has 2 rings (SSSR count). The minimum atomic E-state index is -0.681. The molecule has 0 aromatic heterocycles. The topological polar surface area (TPSA) is 117 Å². The van der Waals surface area contributed by atoms with Crippen LogP contribution in [0.15, 0.2) is 64.1 Å². The fourth-order valence-corrected chi connectivity index (χ4v) is 2.33. The van der Waals surface area contributed by atoms with E-state index in [1.54, 1.807) is 12.1 Å². The Morgan fingerprint density at radius 2 is 1.69 bits per heavy atom. The van der Waals surface area contributed by atoms with Crippen molar-refractivity contribution in [1.29, 1.82) is 0 Å². The second-order valence-corrected chi connectivity index (χ2v) is 6.23. The van der Waals surface area contributed by atoms with Crippen molar-refractivity contribution >= 4 is 29.0 Å². The maximum Gasteiger partial charge on any atom is 0.340 e. The highest BCUT2D eigenvalue weighted by Gasteiger charge is 2.17. The van der Waals surface area contributed by atoms with Crippen LogP contribution in [0.1, 0.15) is 40.1 Å². The minimum absolute atomic E-state index is 0.0337. The number of esters is 1. The lowest BCUT2D eigenvalue weighted by Gasteiger charge is -2.07. The van der Waals surface area contributed by atoms with Gasteiger partial charge in [0.15, 0.2) is 11.5 Å². The Labute approximate surface area is 167 Å². The molecule has 0 aliphatic carbocycles. The molecule has 2 N–H and O–H groups in total. The van der Waals surface area contributed by atoms with Crippen molar-refractivity contribution in [2.24, 2.45) is 10.2 Å². The smallest absolute Gasteiger partial charge is 0.340 e. The standard InChI is InChI=1S/C21H21N3O5/c1-12-5-8-16(9-6-12)22-20(27)19(14(3)26)24-23-18-11-15(13(2)25)7-10-17(18)21(28)29-4/h5-11,26H,1-4H3,(H,22,27). The number of rotatable bonds is 6. The minimum Gasteiger partial charge on any atom is -0.510 e. The zero-order chi connectivity index (χ0) is 21.6. The predicted octanol–water partition coefficient (Wildman–Crippen LogP) is 4.50. The Kier molecular flexibility index (Phi) is 6.97. The van der Waals surface area contributed by atoms with Gasteiger partial charge >= 0.3 is 5.97 Å². The van der Waals surface area contributed by atoms with Crippen LogP contribution in [-0.4, -0.2) is 29.9 Å². The highest BCUT2D eigenvalue weighted by Crippen LogP contribution is 2.24. The number of Topliss-reactive ketones (excluding diaryl/α,β-unsaturated/α-hetero) is 1. The van der Waals surface area contributed by atoms with Crippen LogP contribution in [0, 0.1) is 6.92 Å². The highest BCUT2D eigenvalue weighted by atomic mass is 16.5. The SMILES string of the molecule is COC(=O)c1ccc(C(C)=O)cc1N=NC(C(=O)Nc1ccc(C)cc1)=C(C)O. The number of benzene rings is 2. The number of amides is 1. The molecular formula is C21H21N3O5. The first kappa shape index (κ1) is 21.5. The van der Waals surface area contributed by atoms with Crippen LogP contribution in [0.4, 0.5) is 11.4 Å². The average Bonchev–Trinajstić information content (AvgIpc) is 2.68. The van der Waals surface area contributed by atoms with E-state index in [2.05, 4.69) is 15.5 Å². The first-order valence-corrected chi connectivity index (χ1v) is 8.65. The van der Waals surface area contributed by atoms with Gasteiger partial charge in [0.25, 0.3) is 5.91 Å². The molecule has 29 heavy (non-hydrogen) atoms. The number of nitrogens with zero attached hydrogens (tertiary/aromatic N) is 2. The van der Waals surface area contributed by atoms with Gasteiger partial charge in [-0.05, 0) is 45.0 Å². The van der Waals surface area contributed by atoms with Crippen molar-refractivity contribution in [3.8, 4) is 0 Å². The Morgan fingerprint density at radius 3 is 2.24 bits per heavy atom. The van der Waals surface area contributed by atoms with Crippen LogP contribution >= 0.6 is 0 Å². The summed E-state index contributed by atoms with van der Waals surface area (Å²) in [5, 5.41) is 20.2. The van der Waals surface area contributed by atoms with E-state index in [0.29, 0.717) is 11.3 Å². The average molecular weight is 395 g/mol. The number of aliphatic hydroxyl groups excluding tert-OH is 1. The summed E-state index contributed by atoms with van der Waals surface area (Å²) in [5.74, 6) is -1.95. The molecule has 1 amide bonds. The van der Waals surface area contributed by atoms with Crippen molar-refractivity contribution in [3.05, 3.63) is 70.6 Å². The second-order valence-electron chi connectivity index (χ2n) is 6.23. The molecule has 0 aliphatic heterocycles. The molecule has 0 atom stereocenters. The summed E-state index contributed by atoms with van der Waals surface area (Å²) < 4.78 is 4.70. The fraction of sp³-hybridized carbons (Fsp3) is 0.190. The summed E-state index contributed by atoms with van der Waals surface area (Å²) in [6.07, 6.45) is 0. The maximum absolute atomic E-state index is 12.5. The van der Waals surface area contributed by atoms with Gasteiger partial charge in [-0.2, -0.15) is 0 Å². The van der Waals surface area contributed by atoms with Crippen LogP contribution in [0.25, 0.3) is 0 Å². The number of ketones is 1. The normalized spacial score (nSPS) is 11.7. The molecule has 0 radical (unpaired) electrons. The zero-order valence-corrected chi connectivity index (χ0v) is 16.5.